The summed E-state index contributed by atoms with van der Waals surface area (Å²) in [6.45, 7) is 8.55. The van der Waals surface area contributed by atoms with Gasteiger partial charge in [0.25, 0.3) is 5.91 Å². The summed E-state index contributed by atoms with van der Waals surface area (Å²) in [6, 6.07) is 10.2. The van der Waals surface area contributed by atoms with Gasteiger partial charge in [0.1, 0.15) is 17.3 Å². The highest BCUT2D eigenvalue weighted by atomic mass is 16.6. The van der Waals surface area contributed by atoms with E-state index in [4.69, 9.17) is 14.5 Å². The SMILES string of the molecule is CCOC(=O)N1CCN(C(=O)C(CCC(=O)OC(C)(C)C)NC(=O)c2cc(C3CCCC3)nc(-c3ccccc3)n2)CC1. The van der Waals surface area contributed by atoms with Gasteiger partial charge in [0.05, 0.1) is 6.61 Å². The Labute approximate surface area is 253 Å². The number of aromatic nitrogens is 2. The number of esters is 1. The van der Waals surface area contributed by atoms with Crippen LogP contribution in [0.3, 0.4) is 0 Å². The summed E-state index contributed by atoms with van der Waals surface area (Å²) in [5, 5.41) is 2.87. The van der Waals surface area contributed by atoms with Gasteiger partial charge in [-0.3, -0.25) is 14.4 Å². The van der Waals surface area contributed by atoms with E-state index in [-0.39, 0.29) is 50.1 Å². The molecule has 1 N–H and O–H groups in total. The number of carbonyl (C=O) groups is 4. The van der Waals surface area contributed by atoms with Gasteiger partial charge in [-0.25, -0.2) is 14.8 Å². The van der Waals surface area contributed by atoms with Crippen LogP contribution in [-0.4, -0.2) is 88.1 Å². The molecule has 1 saturated carbocycles. The molecular weight excluding hydrogens is 550 g/mol. The molecule has 3 amide bonds. The lowest BCUT2D eigenvalue weighted by molar-refractivity contribution is -0.155. The van der Waals surface area contributed by atoms with Crippen molar-refractivity contribution in [2.24, 2.45) is 0 Å². The van der Waals surface area contributed by atoms with E-state index < -0.39 is 29.6 Å². The highest BCUT2D eigenvalue weighted by Crippen LogP contribution is 2.34. The van der Waals surface area contributed by atoms with Crippen molar-refractivity contribution in [2.75, 3.05) is 32.8 Å². The number of benzene rings is 1. The lowest BCUT2D eigenvalue weighted by atomic mass is 10.0. The highest BCUT2D eigenvalue weighted by Gasteiger charge is 2.32. The average Bonchev–Trinajstić information content (AvgIpc) is 3.54. The van der Waals surface area contributed by atoms with E-state index in [1.54, 1.807) is 43.6 Å². The van der Waals surface area contributed by atoms with Crippen LogP contribution in [0.2, 0.25) is 0 Å². The van der Waals surface area contributed by atoms with Crippen LogP contribution in [0, 0.1) is 0 Å². The number of nitrogens with zero attached hydrogens (tertiary/aromatic N) is 4. The lowest BCUT2D eigenvalue weighted by Crippen LogP contribution is -2.56. The van der Waals surface area contributed by atoms with E-state index in [1.807, 2.05) is 30.3 Å². The van der Waals surface area contributed by atoms with Crippen LogP contribution < -0.4 is 5.32 Å². The van der Waals surface area contributed by atoms with Crippen LogP contribution in [0.4, 0.5) is 4.79 Å². The quantitative estimate of drug-likeness (QED) is 0.426. The van der Waals surface area contributed by atoms with Crippen molar-refractivity contribution in [3.8, 4) is 11.4 Å². The van der Waals surface area contributed by atoms with E-state index in [0.717, 1.165) is 36.9 Å². The Morgan fingerprint density at radius 2 is 1.63 bits per heavy atom. The number of amides is 3. The molecule has 1 aromatic heterocycles. The standard InChI is InChI=1S/C32H43N5O6/c1-5-42-31(41)37-19-17-36(18-20-37)30(40)24(15-16-27(38)43-32(2,3)4)35-29(39)26-21-25(22-11-9-10-12-22)33-28(34-26)23-13-7-6-8-14-23/h6-8,13-14,21-22,24H,5,9-12,15-20H2,1-4H3,(H,35,39). The Balaban J connectivity index is 1.55. The van der Waals surface area contributed by atoms with Crippen LogP contribution in [-0.2, 0) is 19.1 Å². The number of nitrogens with one attached hydrogen (secondary N) is 1. The van der Waals surface area contributed by atoms with E-state index in [1.165, 1.54) is 0 Å². The molecule has 232 valence electrons. The molecule has 1 aliphatic carbocycles. The molecule has 0 radical (unpaired) electrons. The molecule has 1 saturated heterocycles. The summed E-state index contributed by atoms with van der Waals surface area (Å²) >= 11 is 0. The maximum atomic E-state index is 13.7. The highest BCUT2D eigenvalue weighted by molar-refractivity contribution is 5.96. The summed E-state index contributed by atoms with van der Waals surface area (Å²) < 4.78 is 10.5. The maximum Gasteiger partial charge on any atom is 0.409 e. The first-order valence-corrected chi connectivity index (χ1v) is 15.2. The van der Waals surface area contributed by atoms with Crippen molar-refractivity contribution in [3.05, 3.63) is 47.8 Å². The topological polar surface area (TPSA) is 131 Å². The minimum atomic E-state index is -0.987. The molecule has 2 heterocycles. The molecular formula is C32H43N5O6. The summed E-state index contributed by atoms with van der Waals surface area (Å²) in [7, 11) is 0. The van der Waals surface area contributed by atoms with Gasteiger partial charge in [0.15, 0.2) is 5.82 Å². The summed E-state index contributed by atoms with van der Waals surface area (Å²) in [5.74, 6) is -0.580. The van der Waals surface area contributed by atoms with Crippen molar-refractivity contribution >= 4 is 23.9 Å². The Bertz CT molecular complexity index is 1280. The van der Waals surface area contributed by atoms with E-state index in [2.05, 4.69) is 10.3 Å². The summed E-state index contributed by atoms with van der Waals surface area (Å²) in [5.41, 5.74) is 1.13. The summed E-state index contributed by atoms with van der Waals surface area (Å²) in [4.78, 5) is 64.7. The molecule has 0 spiro atoms. The van der Waals surface area contributed by atoms with Crippen molar-refractivity contribution in [1.29, 1.82) is 0 Å². The molecule has 1 atom stereocenters. The first kappa shape index (κ1) is 31.9. The second-order valence-corrected chi connectivity index (χ2v) is 12.0. The van der Waals surface area contributed by atoms with Gasteiger partial charge in [-0.1, -0.05) is 43.2 Å². The van der Waals surface area contributed by atoms with Gasteiger partial charge in [-0.15, -0.1) is 0 Å². The molecule has 4 rings (SSSR count). The maximum absolute atomic E-state index is 13.7. The molecule has 0 bridgehead atoms. The third kappa shape index (κ3) is 8.98. The first-order chi connectivity index (χ1) is 20.5. The van der Waals surface area contributed by atoms with Crippen LogP contribution in [0.25, 0.3) is 11.4 Å². The number of hydrogen-bond acceptors (Lipinski definition) is 8. The molecule has 2 fully saturated rings. The van der Waals surface area contributed by atoms with Gasteiger partial charge in [0.2, 0.25) is 5.91 Å². The van der Waals surface area contributed by atoms with Gasteiger partial charge in [0, 0.05) is 49.8 Å². The smallest absolute Gasteiger partial charge is 0.409 e. The zero-order chi connectivity index (χ0) is 31.0. The number of rotatable bonds is 9. The van der Waals surface area contributed by atoms with Crippen LogP contribution in [0.15, 0.2) is 36.4 Å². The Morgan fingerprint density at radius 3 is 2.26 bits per heavy atom. The molecule has 1 unspecified atom stereocenters. The lowest BCUT2D eigenvalue weighted by Gasteiger charge is -2.36. The minimum Gasteiger partial charge on any atom is -0.460 e. The van der Waals surface area contributed by atoms with E-state index >= 15 is 0 Å². The monoisotopic (exact) mass is 593 g/mol. The fraction of sp³-hybridized carbons (Fsp3) is 0.562. The average molecular weight is 594 g/mol. The molecule has 2 aliphatic rings. The van der Waals surface area contributed by atoms with E-state index in [0.29, 0.717) is 18.9 Å². The van der Waals surface area contributed by atoms with Crippen molar-refractivity contribution < 1.29 is 28.7 Å². The third-order valence-electron chi connectivity index (χ3n) is 7.56. The second kappa shape index (κ2) is 14.4. The van der Waals surface area contributed by atoms with Gasteiger partial charge in [-0.2, -0.15) is 0 Å². The normalized spacial score (nSPS) is 16.5. The Morgan fingerprint density at radius 1 is 0.977 bits per heavy atom. The molecule has 2 aromatic rings. The van der Waals surface area contributed by atoms with Crippen molar-refractivity contribution in [2.45, 2.75) is 83.8 Å². The van der Waals surface area contributed by atoms with Crippen LogP contribution >= 0.6 is 0 Å². The molecule has 11 heteroatoms. The first-order valence-electron chi connectivity index (χ1n) is 15.2. The minimum absolute atomic E-state index is 0.0525. The zero-order valence-electron chi connectivity index (χ0n) is 25.6. The van der Waals surface area contributed by atoms with Gasteiger partial charge >= 0.3 is 12.1 Å². The number of hydrogen-bond donors (Lipinski definition) is 1. The summed E-state index contributed by atoms with van der Waals surface area (Å²) in [6.07, 6.45) is 3.82. The molecule has 11 nitrogen and oxygen atoms in total. The number of piperazine rings is 1. The third-order valence-corrected chi connectivity index (χ3v) is 7.56. The largest absolute Gasteiger partial charge is 0.460 e. The van der Waals surface area contributed by atoms with E-state index in [9.17, 15) is 19.2 Å². The fourth-order valence-electron chi connectivity index (χ4n) is 5.42. The van der Waals surface area contributed by atoms with Crippen LogP contribution in [0.1, 0.15) is 88.3 Å². The molecule has 43 heavy (non-hydrogen) atoms. The Hall–Kier alpha value is -4.02. The number of carbonyl (C=O) groups excluding carboxylic acids is 4. The predicted octanol–water partition coefficient (Wildman–Crippen LogP) is 4.32. The van der Waals surface area contributed by atoms with Gasteiger partial charge < -0.3 is 24.6 Å². The molecule has 1 aromatic carbocycles. The van der Waals surface area contributed by atoms with Crippen molar-refractivity contribution in [1.82, 2.24) is 25.1 Å². The van der Waals surface area contributed by atoms with Crippen LogP contribution in [0.5, 0.6) is 0 Å². The Kier molecular flexibility index (Phi) is 10.7. The molecule has 1 aliphatic heterocycles. The number of ether oxygens (including phenoxy) is 2. The fourth-order valence-corrected chi connectivity index (χ4v) is 5.42. The van der Waals surface area contributed by atoms with Crippen molar-refractivity contribution in [3.63, 3.8) is 0 Å². The second-order valence-electron chi connectivity index (χ2n) is 12.0. The predicted molar refractivity (Wildman–Crippen MR) is 160 cm³/mol. The van der Waals surface area contributed by atoms with Gasteiger partial charge in [-0.05, 0) is 53.0 Å². The zero-order valence-corrected chi connectivity index (χ0v) is 25.6.